The molecule has 0 aromatic heterocycles. The van der Waals surface area contributed by atoms with Gasteiger partial charge in [-0.2, -0.15) is 0 Å². The fourth-order valence-electron chi connectivity index (χ4n) is 1.08. The molecule has 0 aliphatic rings. The van der Waals surface area contributed by atoms with E-state index in [4.69, 9.17) is 10.9 Å². The van der Waals surface area contributed by atoms with Crippen LogP contribution in [-0.2, 0) is 0 Å². The van der Waals surface area contributed by atoms with Crippen molar-refractivity contribution in [3.05, 3.63) is 39.4 Å². The summed E-state index contributed by atoms with van der Waals surface area (Å²) in [6, 6.07) is 4.25. The lowest BCUT2D eigenvalue weighted by molar-refractivity contribution is -0.385. The molecule has 1 rings (SSSR count). The van der Waals surface area contributed by atoms with Crippen LogP contribution in [0.25, 0.3) is 0 Å². The van der Waals surface area contributed by atoms with Crippen molar-refractivity contribution in [2.75, 3.05) is 0 Å². The fourth-order valence-corrected chi connectivity index (χ4v) is 1.08. The monoisotopic (exact) mass is 195 g/mol. The van der Waals surface area contributed by atoms with E-state index in [0.29, 0.717) is 11.1 Å². The molecule has 74 valence electrons. The molecule has 0 amide bonds. The van der Waals surface area contributed by atoms with Gasteiger partial charge in [0.05, 0.1) is 4.92 Å². The predicted molar refractivity (Wildman–Crippen MR) is 50.3 cm³/mol. The molecule has 1 aromatic rings. The van der Waals surface area contributed by atoms with Gasteiger partial charge in [-0.3, -0.25) is 10.1 Å². The molecule has 6 nitrogen and oxygen atoms in total. The van der Waals surface area contributed by atoms with E-state index >= 15 is 0 Å². The van der Waals surface area contributed by atoms with Crippen molar-refractivity contribution in [2.24, 2.45) is 10.9 Å². The van der Waals surface area contributed by atoms with Gasteiger partial charge in [-0.05, 0) is 19.1 Å². The second-order valence-electron chi connectivity index (χ2n) is 2.74. The van der Waals surface area contributed by atoms with Crippen LogP contribution in [-0.4, -0.2) is 16.0 Å². The first-order valence-electron chi connectivity index (χ1n) is 3.79. The van der Waals surface area contributed by atoms with E-state index in [2.05, 4.69) is 5.16 Å². The number of hydrogen-bond donors (Lipinski definition) is 2. The summed E-state index contributed by atoms with van der Waals surface area (Å²) in [5.41, 5.74) is 6.26. The smallest absolute Gasteiger partial charge is 0.272 e. The topological polar surface area (TPSA) is 102 Å². The summed E-state index contributed by atoms with van der Waals surface area (Å²) in [7, 11) is 0. The van der Waals surface area contributed by atoms with Crippen LogP contribution in [0.15, 0.2) is 23.4 Å². The number of nitro benzene ring substituents is 1. The molecule has 0 bridgehead atoms. The summed E-state index contributed by atoms with van der Waals surface area (Å²) >= 11 is 0. The number of aryl methyl sites for hydroxylation is 1. The number of hydrogen-bond acceptors (Lipinski definition) is 4. The molecule has 0 aliphatic heterocycles. The lowest BCUT2D eigenvalue weighted by atomic mass is 10.1. The van der Waals surface area contributed by atoms with Crippen LogP contribution in [0.3, 0.4) is 0 Å². The van der Waals surface area contributed by atoms with E-state index < -0.39 is 4.92 Å². The molecule has 0 saturated heterocycles. The number of rotatable bonds is 2. The maximum absolute atomic E-state index is 10.5. The van der Waals surface area contributed by atoms with Gasteiger partial charge >= 0.3 is 0 Å². The molecule has 6 heteroatoms. The zero-order chi connectivity index (χ0) is 10.7. The van der Waals surface area contributed by atoms with E-state index in [0.717, 1.165) is 0 Å². The molecule has 0 radical (unpaired) electrons. The zero-order valence-corrected chi connectivity index (χ0v) is 7.47. The highest BCUT2D eigenvalue weighted by Gasteiger charge is 2.11. The Kier molecular flexibility index (Phi) is 2.66. The highest BCUT2D eigenvalue weighted by Crippen LogP contribution is 2.18. The molecular formula is C8H9N3O3. The van der Waals surface area contributed by atoms with E-state index in [1.165, 1.54) is 18.2 Å². The number of benzene rings is 1. The van der Waals surface area contributed by atoms with Gasteiger partial charge in [0.25, 0.3) is 5.69 Å². The molecule has 0 aliphatic carbocycles. The first-order valence-corrected chi connectivity index (χ1v) is 3.79. The number of nitrogens with zero attached hydrogens (tertiary/aromatic N) is 2. The van der Waals surface area contributed by atoms with Crippen LogP contribution in [0.1, 0.15) is 11.1 Å². The van der Waals surface area contributed by atoms with Crippen molar-refractivity contribution in [2.45, 2.75) is 6.92 Å². The molecule has 0 spiro atoms. The normalized spacial score (nSPS) is 11.4. The Morgan fingerprint density at radius 3 is 2.71 bits per heavy atom. The first-order chi connectivity index (χ1) is 6.56. The summed E-state index contributed by atoms with van der Waals surface area (Å²) in [5.74, 6) is -0.0667. The Morgan fingerprint density at radius 1 is 1.64 bits per heavy atom. The molecule has 0 atom stereocenters. The van der Waals surface area contributed by atoms with Gasteiger partial charge in [0, 0.05) is 17.2 Å². The second-order valence-corrected chi connectivity index (χ2v) is 2.74. The van der Waals surface area contributed by atoms with Crippen molar-refractivity contribution in [3.8, 4) is 0 Å². The van der Waals surface area contributed by atoms with Crippen LogP contribution in [0.2, 0.25) is 0 Å². The zero-order valence-electron chi connectivity index (χ0n) is 7.47. The standard InChI is InChI=1S/C8H9N3O3/c1-5-4-6(8(9)10-12)2-3-7(5)11(13)14/h2-4,12H,1H3,(H2,9,10). The predicted octanol–water partition coefficient (Wildman–Crippen LogP) is 0.998. The van der Waals surface area contributed by atoms with Crippen molar-refractivity contribution in [1.82, 2.24) is 0 Å². The minimum absolute atomic E-state index is 0.0134. The van der Waals surface area contributed by atoms with Gasteiger partial charge in [-0.1, -0.05) is 5.16 Å². The Bertz CT molecular complexity index is 401. The van der Waals surface area contributed by atoms with Crippen LogP contribution < -0.4 is 5.73 Å². The van der Waals surface area contributed by atoms with Crippen LogP contribution >= 0.6 is 0 Å². The van der Waals surface area contributed by atoms with Crippen LogP contribution in [0.4, 0.5) is 5.69 Å². The third-order valence-corrected chi connectivity index (χ3v) is 1.80. The third kappa shape index (κ3) is 1.79. The number of oxime groups is 1. The summed E-state index contributed by atoms with van der Waals surface area (Å²) in [4.78, 5) is 9.99. The van der Waals surface area contributed by atoms with E-state index in [-0.39, 0.29) is 11.5 Å². The van der Waals surface area contributed by atoms with Crippen molar-refractivity contribution in [1.29, 1.82) is 0 Å². The van der Waals surface area contributed by atoms with Gasteiger partial charge in [0.2, 0.25) is 0 Å². The van der Waals surface area contributed by atoms with Gasteiger partial charge in [-0.15, -0.1) is 0 Å². The molecule has 1 aromatic carbocycles. The Balaban J connectivity index is 3.19. The minimum Gasteiger partial charge on any atom is -0.409 e. The van der Waals surface area contributed by atoms with Crippen molar-refractivity contribution < 1.29 is 10.1 Å². The van der Waals surface area contributed by atoms with Crippen molar-refractivity contribution >= 4 is 11.5 Å². The summed E-state index contributed by atoms with van der Waals surface area (Å²) in [5, 5.41) is 21.7. The van der Waals surface area contributed by atoms with Gasteiger partial charge in [0.1, 0.15) is 0 Å². The number of amidine groups is 1. The lowest BCUT2D eigenvalue weighted by Crippen LogP contribution is -2.13. The molecular weight excluding hydrogens is 186 g/mol. The molecule has 0 heterocycles. The summed E-state index contributed by atoms with van der Waals surface area (Å²) in [6.45, 7) is 1.59. The molecule has 14 heavy (non-hydrogen) atoms. The van der Waals surface area contributed by atoms with Gasteiger partial charge in [-0.25, -0.2) is 0 Å². The largest absolute Gasteiger partial charge is 0.409 e. The second kappa shape index (κ2) is 3.73. The number of nitrogens with two attached hydrogens (primary N) is 1. The summed E-state index contributed by atoms with van der Waals surface area (Å²) < 4.78 is 0. The minimum atomic E-state index is -0.481. The Labute approximate surface area is 79.8 Å². The maximum atomic E-state index is 10.5. The van der Waals surface area contributed by atoms with Crippen LogP contribution in [0.5, 0.6) is 0 Å². The quantitative estimate of drug-likeness (QED) is 0.241. The highest BCUT2D eigenvalue weighted by molar-refractivity contribution is 5.97. The lowest BCUT2D eigenvalue weighted by Gasteiger charge is -2.00. The van der Waals surface area contributed by atoms with E-state index in [1.54, 1.807) is 6.92 Å². The van der Waals surface area contributed by atoms with E-state index in [9.17, 15) is 10.1 Å². The third-order valence-electron chi connectivity index (χ3n) is 1.80. The SMILES string of the molecule is Cc1cc(/C(N)=N/O)ccc1[N+](=O)[O-]. The average Bonchev–Trinajstić information content (AvgIpc) is 2.15. The fraction of sp³-hybridized carbons (Fsp3) is 0.125. The van der Waals surface area contributed by atoms with Crippen molar-refractivity contribution in [3.63, 3.8) is 0 Å². The highest BCUT2D eigenvalue weighted by atomic mass is 16.6. The maximum Gasteiger partial charge on any atom is 0.272 e. The summed E-state index contributed by atoms with van der Waals surface area (Å²) in [6.07, 6.45) is 0. The van der Waals surface area contributed by atoms with E-state index in [1.807, 2.05) is 0 Å². The molecule has 0 saturated carbocycles. The van der Waals surface area contributed by atoms with Crippen LogP contribution in [0, 0.1) is 17.0 Å². The number of nitro groups is 1. The molecule has 0 fully saturated rings. The average molecular weight is 195 g/mol. The Hall–Kier alpha value is -2.11. The molecule has 3 N–H and O–H groups in total. The molecule has 0 unspecified atom stereocenters. The first kappa shape index (κ1) is 9.97. The van der Waals surface area contributed by atoms with Gasteiger partial charge in [0.15, 0.2) is 5.84 Å². The van der Waals surface area contributed by atoms with Gasteiger partial charge < -0.3 is 10.9 Å². The Morgan fingerprint density at radius 2 is 2.29 bits per heavy atom.